The zero-order valence-electron chi connectivity index (χ0n) is 9.62. The zero-order valence-corrected chi connectivity index (χ0v) is 9.62. The molecule has 0 bridgehead atoms. The fourth-order valence-corrected chi connectivity index (χ4v) is 1.64. The van der Waals surface area contributed by atoms with Gasteiger partial charge in [-0.2, -0.15) is 0 Å². The van der Waals surface area contributed by atoms with Gasteiger partial charge in [0.05, 0.1) is 0 Å². The molecule has 0 saturated carbocycles. The van der Waals surface area contributed by atoms with E-state index in [1.54, 1.807) is 6.20 Å². The molecular weight excluding hydrogens is 188 g/mol. The molecule has 0 aromatic carbocycles. The second-order valence-corrected chi connectivity index (χ2v) is 4.34. The number of nitrogens with zero attached hydrogens (tertiary/aromatic N) is 1. The van der Waals surface area contributed by atoms with Gasteiger partial charge in [-0.05, 0) is 30.9 Å². The Hall–Kier alpha value is -1.13. The number of anilines is 1. The predicted octanol–water partition coefficient (Wildman–Crippen LogP) is 1.52. The van der Waals surface area contributed by atoms with Gasteiger partial charge in [0.2, 0.25) is 0 Å². The minimum absolute atomic E-state index is 0.0809. The van der Waals surface area contributed by atoms with Crippen LogP contribution in [0.2, 0.25) is 0 Å². The fourth-order valence-electron chi connectivity index (χ4n) is 1.64. The van der Waals surface area contributed by atoms with Gasteiger partial charge in [0, 0.05) is 17.8 Å². The fraction of sp³-hybridized carbons (Fsp3) is 0.545. The molecule has 1 unspecified atom stereocenters. The lowest BCUT2D eigenvalue weighted by Crippen LogP contribution is -2.30. The third-order valence-corrected chi connectivity index (χ3v) is 2.37. The van der Waals surface area contributed by atoms with Gasteiger partial charge in [-0.15, -0.1) is 0 Å². The first-order valence-corrected chi connectivity index (χ1v) is 5.22. The largest absolute Gasteiger partial charge is 0.383 e. The molecule has 1 aromatic heterocycles. The average Bonchev–Trinajstić information content (AvgIpc) is 2.18. The highest BCUT2D eigenvalue weighted by Crippen LogP contribution is 2.24. The Morgan fingerprint density at radius 1 is 1.47 bits per heavy atom. The number of nitrogens with one attached hydrogen (secondary N) is 1. The van der Waals surface area contributed by atoms with Crippen molar-refractivity contribution in [3.05, 3.63) is 23.4 Å². The van der Waals surface area contributed by atoms with E-state index in [-0.39, 0.29) is 6.04 Å². The summed E-state index contributed by atoms with van der Waals surface area (Å²) in [7, 11) is 0. The van der Waals surface area contributed by atoms with Crippen LogP contribution in [0.3, 0.4) is 0 Å². The first kappa shape index (κ1) is 11.9. The summed E-state index contributed by atoms with van der Waals surface area (Å²) in [5.41, 5.74) is 10.7. The van der Waals surface area contributed by atoms with E-state index >= 15 is 0 Å². The molecule has 0 amide bonds. The van der Waals surface area contributed by atoms with Gasteiger partial charge >= 0.3 is 0 Å². The van der Waals surface area contributed by atoms with Crippen LogP contribution in [0.1, 0.15) is 37.4 Å². The smallest absolute Gasteiger partial charge is 0.128 e. The summed E-state index contributed by atoms with van der Waals surface area (Å²) in [6.07, 6.45) is 2.72. The number of aryl methyl sites for hydroxylation is 1. The Labute approximate surface area is 91.0 Å². The first-order chi connectivity index (χ1) is 7.04. The van der Waals surface area contributed by atoms with E-state index in [2.05, 4.69) is 24.3 Å². The van der Waals surface area contributed by atoms with Crippen molar-refractivity contribution in [2.24, 2.45) is 11.8 Å². The van der Waals surface area contributed by atoms with Gasteiger partial charge < -0.3 is 5.73 Å². The number of hydrogen-bond donors (Lipinski definition) is 3. The summed E-state index contributed by atoms with van der Waals surface area (Å²) in [4.78, 5) is 4.14. The molecule has 0 aliphatic carbocycles. The van der Waals surface area contributed by atoms with Crippen LogP contribution in [0.5, 0.6) is 0 Å². The van der Waals surface area contributed by atoms with Crippen LogP contribution in [-0.2, 0) is 0 Å². The molecule has 0 spiro atoms. The number of nitrogens with two attached hydrogens (primary N) is 2. The first-order valence-electron chi connectivity index (χ1n) is 5.22. The lowest BCUT2D eigenvalue weighted by molar-refractivity contribution is 0.438. The summed E-state index contributed by atoms with van der Waals surface area (Å²) in [6, 6.07) is 2.12. The van der Waals surface area contributed by atoms with Crippen molar-refractivity contribution in [3.63, 3.8) is 0 Å². The number of pyridine rings is 1. The molecule has 5 N–H and O–H groups in total. The minimum Gasteiger partial charge on any atom is -0.383 e. The van der Waals surface area contributed by atoms with E-state index in [4.69, 9.17) is 11.6 Å². The second kappa shape index (κ2) is 5.09. The van der Waals surface area contributed by atoms with Gasteiger partial charge in [-0.3, -0.25) is 11.3 Å². The van der Waals surface area contributed by atoms with Crippen molar-refractivity contribution in [2.75, 3.05) is 5.73 Å². The van der Waals surface area contributed by atoms with E-state index in [0.717, 1.165) is 17.5 Å². The van der Waals surface area contributed by atoms with Crippen LogP contribution in [0, 0.1) is 12.8 Å². The third-order valence-electron chi connectivity index (χ3n) is 2.37. The molecule has 1 rings (SSSR count). The average molecular weight is 208 g/mol. The van der Waals surface area contributed by atoms with Gasteiger partial charge in [0.15, 0.2) is 0 Å². The summed E-state index contributed by atoms with van der Waals surface area (Å²) < 4.78 is 0. The summed E-state index contributed by atoms with van der Waals surface area (Å²) >= 11 is 0. The lowest BCUT2D eigenvalue weighted by atomic mass is 9.97. The molecule has 1 atom stereocenters. The molecule has 1 heterocycles. The van der Waals surface area contributed by atoms with Crippen LogP contribution in [0.4, 0.5) is 5.82 Å². The van der Waals surface area contributed by atoms with E-state index in [1.165, 1.54) is 0 Å². The molecule has 0 aliphatic heterocycles. The highest BCUT2D eigenvalue weighted by molar-refractivity contribution is 5.42. The Kier molecular flexibility index (Phi) is 4.05. The van der Waals surface area contributed by atoms with Crippen LogP contribution in [0.15, 0.2) is 12.3 Å². The number of aromatic nitrogens is 1. The highest BCUT2D eigenvalue weighted by Gasteiger charge is 2.15. The van der Waals surface area contributed by atoms with E-state index < -0.39 is 0 Å². The van der Waals surface area contributed by atoms with Crippen molar-refractivity contribution in [1.82, 2.24) is 10.4 Å². The Morgan fingerprint density at radius 3 is 2.67 bits per heavy atom. The van der Waals surface area contributed by atoms with Crippen molar-refractivity contribution in [1.29, 1.82) is 0 Å². The Morgan fingerprint density at radius 2 is 2.13 bits per heavy atom. The number of rotatable bonds is 4. The number of hydrazine groups is 1. The number of hydrogen-bond acceptors (Lipinski definition) is 4. The van der Waals surface area contributed by atoms with Crippen LogP contribution >= 0.6 is 0 Å². The Bertz CT molecular complexity index is 322. The van der Waals surface area contributed by atoms with Crippen molar-refractivity contribution < 1.29 is 0 Å². The van der Waals surface area contributed by atoms with Crippen molar-refractivity contribution in [3.8, 4) is 0 Å². The second-order valence-electron chi connectivity index (χ2n) is 4.34. The third kappa shape index (κ3) is 3.18. The normalized spacial score (nSPS) is 13.1. The van der Waals surface area contributed by atoms with Crippen molar-refractivity contribution >= 4 is 5.82 Å². The minimum atomic E-state index is 0.0809. The maximum absolute atomic E-state index is 5.83. The summed E-state index contributed by atoms with van der Waals surface area (Å²) in [6.45, 7) is 6.31. The summed E-state index contributed by atoms with van der Waals surface area (Å²) in [5, 5.41) is 0. The van der Waals surface area contributed by atoms with E-state index in [1.807, 2.05) is 13.0 Å². The Balaban J connectivity index is 2.95. The molecule has 0 aliphatic rings. The molecule has 1 aromatic rings. The predicted molar refractivity (Wildman–Crippen MR) is 62.9 cm³/mol. The SMILES string of the molecule is Cc1cnc(N)c(C(CC(C)C)NN)c1. The van der Waals surface area contributed by atoms with Gasteiger partial charge in [-0.25, -0.2) is 4.98 Å². The van der Waals surface area contributed by atoms with Crippen molar-refractivity contribution in [2.45, 2.75) is 33.2 Å². The molecule has 4 heteroatoms. The summed E-state index contributed by atoms with van der Waals surface area (Å²) in [5.74, 6) is 6.66. The van der Waals surface area contributed by atoms with E-state index in [9.17, 15) is 0 Å². The number of nitrogen functional groups attached to an aromatic ring is 1. The highest BCUT2D eigenvalue weighted by atomic mass is 15.2. The zero-order chi connectivity index (χ0) is 11.4. The molecular formula is C11H20N4. The topological polar surface area (TPSA) is 77.0 Å². The molecule has 0 saturated heterocycles. The molecule has 0 radical (unpaired) electrons. The van der Waals surface area contributed by atoms with Crippen LogP contribution in [0.25, 0.3) is 0 Å². The standard InChI is InChI=1S/C11H20N4/c1-7(2)4-10(15-13)9-5-8(3)6-14-11(9)12/h5-7,10,15H,4,13H2,1-3H3,(H2,12,14). The maximum atomic E-state index is 5.83. The van der Waals surface area contributed by atoms with Crippen LogP contribution in [-0.4, -0.2) is 4.98 Å². The molecule has 15 heavy (non-hydrogen) atoms. The quantitative estimate of drug-likeness (QED) is 0.518. The van der Waals surface area contributed by atoms with E-state index in [0.29, 0.717) is 11.7 Å². The van der Waals surface area contributed by atoms with Gasteiger partial charge in [0.25, 0.3) is 0 Å². The van der Waals surface area contributed by atoms with Gasteiger partial charge in [-0.1, -0.05) is 13.8 Å². The molecule has 0 fully saturated rings. The monoisotopic (exact) mass is 208 g/mol. The lowest BCUT2D eigenvalue weighted by Gasteiger charge is -2.19. The van der Waals surface area contributed by atoms with Gasteiger partial charge in [0.1, 0.15) is 5.82 Å². The molecule has 84 valence electrons. The molecule has 4 nitrogen and oxygen atoms in total. The van der Waals surface area contributed by atoms with Crippen LogP contribution < -0.4 is 17.0 Å². The maximum Gasteiger partial charge on any atom is 0.128 e.